The largest absolute Gasteiger partial charge is 0.493 e. The van der Waals surface area contributed by atoms with Gasteiger partial charge in [0.25, 0.3) is 0 Å². The molecule has 7 nitrogen and oxygen atoms in total. The van der Waals surface area contributed by atoms with Gasteiger partial charge in [0.15, 0.2) is 23.0 Å². The molecular weight excluding hydrogens is 434 g/mol. The first-order chi connectivity index (χ1) is 16.4. The molecule has 0 spiro atoms. The molecule has 1 aliphatic rings. The van der Waals surface area contributed by atoms with Crippen LogP contribution in [-0.4, -0.2) is 66.6 Å². The average Bonchev–Trinajstić information content (AvgIpc) is 3.25. The van der Waals surface area contributed by atoms with Crippen LogP contribution in [0.2, 0.25) is 0 Å². The Morgan fingerprint density at radius 3 is 2.26 bits per heavy atom. The van der Waals surface area contributed by atoms with E-state index in [1.807, 2.05) is 24.3 Å². The molecule has 0 aliphatic heterocycles. The molecule has 186 valence electrons. The van der Waals surface area contributed by atoms with Gasteiger partial charge in [-0.3, -0.25) is 4.79 Å². The minimum Gasteiger partial charge on any atom is -0.493 e. The molecule has 1 aliphatic carbocycles. The van der Waals surface area contributed by atoms with Crippen molar-refractivity contribution < 1.29 is 28.5 Å². The topological polar surface area (TPSA) is 66.5 Å². The van der Waals surface area contributed by atoms with Gasteiger partial charge in [-0.05, 0) is 75.0 Å². The molecule has 0 saturated heterocycles. The van der Waals surface area contributed by atoms with Crippen LogP contribution in [0.3, 0.4) is 0 Å². The highest BCUT2D eigenvalue weighted by atomic mass is 16.5. The Hall–Kier alpha value is -2.93. The Morgan fingerprint density at radius 2 is 1.62 bits per heavy atom. The Bertz CT molecular complexity index is 991. The molecule has 0 amide bonds. The lowest BCUT2D eigenvalue weighted by atomic mass is 9.77. The fourth-order valence-electron chi connectivity index (χ4n) is 5.05. The zero-order valence-corrected chi connectivity index (χ0v) is 21.2. The summed E-state index contributed by atoms with van der Waals surface area (Å²) in [5.41, 5.74) is 2.61. The summed E-state index contributed by atoms with van der Waals surface area (Å²) < 4.78 is 27.1. The highest BCUT2D eigenvalue weighted by molar-refractivity contribution is 5.85. The number of carbonyl (C=O) groups is 1. The molecule has 0 radical (unpaired) electrons. The SMILES string of the molecule is COC(=O)C1(CCCN(C)CCc2ccc(OC)c(OC)c2)CCc2c1ccc(OC)c2OC. The molecule has 0 aromatic heterocycles. The lowest BCUT2D eigenvalue weighted by molar-refractivity contribution is -0.148. The van der Waals surface area contributed by atoms with E-state index in [0.717, 1.165) is 67.1 Å². The second-order valence-corrected chi connectivity index (χ2v) is 8.75. The van der Waals surface area contributed by atoms with Crippen molar-refractivity contribution in [1.29, 1.82) is 0 Å². The Morgan fingerprint density at radius 1 is 0.912 bits per heavy atom. The number of carbonyl (C=O) groups excluding carboxylic acids is 1. The summed E-state index contributed by atoms with van der Waals surface area (Å²) in [5, 5.41) is 0. The van der Waals surface area contributed by atoms with Gasteiger partial charge in [-0.1, -0.05) is 12.1 Å². The minimum atomic E-state index is -0.645. The van der Waals surface area contributed by atoms with Gasteiger partial charge >= 0.3 is 5.97 Å². The smallest absolute Gasteiger partial charge is 0.316 e. The van der Waals surface area contributed by atoms with Gasteiger partial charge in [-0.25, -0.2) is 0 Å². The third kappa shape index (κ3) is 5.09. The second-order valence-electron chi connectivity index (χ2n) is 8.75. The molecule has 0 heterocycles. The van der Waals surface area contributed by atoms with Crippen molar-refractivity contribution in [2.45, 2.75) is 37.5 Å². The standard InChI is InChI=1S/C27H37NO6/c1-28(17-13-19-8-10-22(30-2)24(18-19)32-4)16-7-14-27(26(29)34-6)15-12-20-21(27)9-11-23(31-3)25(20)33-5/h8-11,18H,7,12-17H2,1-6H3. The van der Waals surface area contributed by atoms with Crippen molar-refractivity contribution in [2.75, 3.05) is 55.7 Å². The van der Waals surface area contributed by atoms with E-state index in [1.54, 1.807) is 28.4 Å². The normalized spacial score (nSPS) is 16.8. The van der Waals surface area contributed by atoms with E-state index in [-0.39, 0.29) is 5.97 Å². The molecule has 0 fully saturated rings. The van der Waals surface area contributed by atoms with Crippen molar-refractivity contribution in [2.24, 2.45) is 0 Å². The third-order valence-corrected chi connectivity index (χ3v) is 6.92. The van der Waals surface area contributed by atoms with Crippen LogP contribution in [0.1, 0.15) is 36.0 Å². The first-order valence-electron chi connectivity index (χ1n) is 11.7. The second kappa shape index (κ2) is 11.5. The quantitative estimate of drug-likeness (QED) is 0.433. The number of fused-ring (bicyclic) bond motifs is 1. The van der Waals surface area contributed by atoms with Gasteiger partial charge < -0.3 is 28.6 Å². The van der Waals surface area contributed by atoms with Crippen LogP contribution in [0.15, 0.2) is 30.3 Å². The number of hydrogen-bond donors (Lipinski definition) is 0. The maximum absolute atomic E-state index is 13.0. The maximum atomic E-state index is 13.0. The molecular formula is C27H37NO6. The van der Waals surface area contributed by atoms with E-state index in [4.69, 9.17) is 23.7 Å². The maximum Gasteiger partial charge on any atom is 0.316 e. The fraction of sp³-hybridized carbons (Fsp3) is 0.519. The van der Waals surface area contributed by atoms with E-state index in [1.165, 1.54) is 12.7 Å². The van der Waals surface area contributed by atoms with Crippen LogP contribution >= 0.6 is 0 Å². The van der Waals surface area contributed by atoms with Crippen LogP contribution in [0.25, 0.3) is 0 Å². The minimum absolute atomic E-state index is 0.175. The van der Waals surface area contributed by atoms with Crippen molar-refractivity contribution in [1.82, 2.24) is 4.90 Å². The van der Waals surface area contributed by atoms with E-state index in [9.17, 15) is 4.79 Å². The van der Waals surface area contributed by atoms with Gasteiger partial charge in [0, 0.05) is 12.1 Å². The third-order valence-electron chi connectivity index (χ3n) is 6.92. The highest BCUT2D eigenvalue weighted by Crippen LogP contribution is 2.49. The van der Waals surface area contributed by atoms with E-state index < -0.39 is 5.41 Å². The number of methoxy groups -OCH3 is 5. The van der Waals surface area contributed by atoms with Crippen molar-refractivity contribution >= 4 is 5.97 Å². The average molecular weight is 472 g/mol. The molecule has 1 unspecified atom stereocenters. The monoisotopic (exact) mass is 471 g/mol. The zero-order chi connectivity index (χ0) is 24.7. The Balaban J connectivity index is 1.65. The molecule has 7 heteroatoms. The van der Waals surface area contributed by atoms with Gasteiger partial charge in [0.05, 0.1) is 41.0 Å². The molecule has 2 aromatic carbocycles. The fourth-order valence-corrected chi connectivity index (χ4v) is 5.05. The van der Waals surface area contributed by atoms with Gasteiger partial charge in [-0.15, -0.1) is 0 Å². The Kier molecular flexibility index (Phi) is 8.67. The summed E-state index contributed by atoms with van der Waals surface area (Å²) in [6.07, 6.45) is 3.99. The van der Waals surface area contributed by atoms with Crippen molar-refractivity contribution in [3.05, 3.63) is 47.0 Å². The van der Waals surface area contributed by atoms with Gasteiger partial charge in [0.2, 0.25) is 0 Å². The van der Waals surface area contributed by atoms with Crippen LogP contribution in [-0.2, 0) is 27.8 Å². The zero-order valence-electron chi connectivity index (χ0n) is 21.2. The summed E-state index contributed by atoms with van der Waals surface area (Å²) in [6.45, 7) is 1.79. The molecule has 3 rings (SSSR count). The van der Waals surface area contributed by atoms with Crippen LogP contribution < -0.4 is 18.9 Å². The molecule has 34 heavy (non-hydrogen) atoms. The predicted molar refractivity (Wildman–Crippen MR) is 132 cm³/mol. The van der Waals surface area contributed by atoms with E-state index in [0.29, 0.717) is 12.2 Å². The lowest BCUT2D eigenvalue weighted by Crippen LogP contribution is -2.36. The summed E-state index contributed by atoms with van der Waals surface area (Å²) >= 11 is 0. The highest BCUT2D eigenvalue weighted by Gasteiger charge is 2.47. The first kappa shape index (κ1) is 25.7. The van der Waals surface area contributed by atoms with Gasteiger partial charge in [-0.2, -0.15) is 0 Å². The number of esters is 1. The summed E-state index contributed by atoms with van der Waals surface area (Å²) in [4.78, 5) is 15.3. The molecule has 0 N–H and O–H groups in total. The molecule has 0 bridgehead atoms. The predicted octanol–water partition coefficient (Wildman–Crippen LogP) is 4.03. The lowest BCUT2D eigenvalue weighted by Gasteiger charge is -2.29. The van der Waals surface area contributed by atoms with Gasteiger partial charge in [0.1, 0.15) is 0 Å². The number of rotatable bonds is 12. The van der Waals surface area contributed by atoms with Crippen LogP contribution in [0, 0.1) is 0 Å². The molecule has 1 atom stereocenters. The van der Waals surface area contributed by atoms with Crippen LogP contribution in [0.5, 0.6) is 23.0 Å². The van der Waals surface area contributed by atoms with Crippen molar-refractivity contribution in [3.63, 3.8) is 0 Å². The summed E-state index contributed by atoms with van der Waals surface area (Å²) in [5.74, 6) is 2.72. The first-order valence-corrected chi connectivity index (χ1v) is 11.7. The molecule has 2 aromatic rings. The number of hydrogen-bond acceptors (Lipinski definition) is 7. The summed E-state index contributed by atoms with van der Waals surface area (Å²) in [7, 11) is 10.1. The molecule has 0 saturated carbocycles. The number of ether oxygens (including phenoxy) is 5. The number of likely N-dealkylation sites (N-methyl/N-ethyl adjacent to an activating group) is 1. The number of benzene rings is 2. The Labute approximate surface area is 202 Å². The van der Waals surface area contributed by atoms with E-state index in [2.05, 4.69) is 18.0 Å². The van der Waals surface area contributed by atoms with Crippen molar-refractivity contribution in [3.8, 4) is 23.0 Å². The van der Waals surface area contributed by atoms with Crippen LogP contribution in [0.4, 0.5) is 0 Å². The number of nitrogens with zero attached hydrogens (tertiary/aromatic N) is 1. The summed E-state index contributed by atoms with van der Waals surface area (Å²) in [6, 6.07) is 9.92. The van der Waals surface area contributed by atoms with E-state index >= 15 is 0 Å².